The third kappa shape index (κ3) is 2.79. The fraction of sp³-hybridized carbons (Fsp3) is 0.500. The Hall–Kier alpha value is -1.62. The smallest absolute Gasteiger partial charge is 0.131 e. The second-order valence-electron chi connectivity index (χ2n) is 5.46. The molecule has 0 radical (unpaired) electrons. The van der Waals surface area contributed by atoms with Gasteiger partial charge in [0.05, 0.1) is 11.5 Å². The zero-order valence-corrected chi connectivity index (χ0v) is 10.9. The summed E-state index contributed by atoms with van der Waals surface area (Å²) in [5.74, 6) is 0.689. The molecular weight excluding hydrogens is 222 g/mol. The minimum atomic E-state index is -0.392. The molecule has 18 heavy (non-hydrogen) atoms. The number of Topliss-reactive ketones (excluding diaryl/α,β-unsaturated/α-hetero) is 1. The maximum absolute atomic E-state index is 11.3. The van der Waals surface area contributed by atoms with Crippen molar-refractivity contribution in [2.75, 3.05) is 0 Å². The highest BCUT2D eigenvalue weighted by molar-refractivity contribution is 5.76. The normalized spacial score (nSPS) is 27.4. The molecule has 0 amide bonds. The number of ketones is 1. The molecule has 0 spiro atoms. The lowest BCUT2D eigenvalue weighted by Crippen LogP contribution is -2.27. The predicted octanol–water partition coefficient (Wildman–Crippen LogP) is 3.83. The van der Waals surface area contributed by atoms with Gasteiger partial charge in [-0.15, -0.1) is 0 Å². The Morgan fingerprint density at radius 2 is 1.94 bits per heavy atom. The molecule has 0 aliphatic heterocycles. The predicted molar refractivity (Wildman–Crippen MR) is 71.0 cm³/mol. The largest absolute Gasteiger partial charge is 0.300 e. The number of carbonyl (C=O) groups excluding carboxylic acids is 1. The molecule has 0 atom stereocenters. The zero-order chi connectivity index (χ0) is 13.0. The van der Waals surface area contributed by atoms with Crippen molar-refractivity contribution in [2.24, 2.45) is 5.41 Å². The van der Waals surface area contributed by atoms with Gasteiger partial charge < -0.3 is 0 Å². The van der Waals surface area contributed by atoms with Crippen LogP contribution in [0.1, 0.15) is 50.5 Å². The van der Waals surface area contributed by atoms with Crippen molar-refractivity contribution in [3.05, 3.63) is 35.9 Å². The van der Waals surface area contributed by atoms with Crippen molar-refractivity contribution in [3.63, 3.8) is 0 Å². The van der Waals surface area contributed by atoms with Crippen LogP contribution in [0, 0.1) is 16.7 Å². The Balaban J connectivity index is 2.03. The number of nitrogens with zero attached hydrogens (tertiary/aromatic N) is 1. The quantitative estimate of drug-likeness (QED) is 0.806. The molecule has 0 bridgehead atoms. The maximum Gasteiger partial charge on any atom is 0.131 e. The van der Waals surface area contributed by atoms with Crippen molar-refractivity contribution >= 4 is 5.78 Å². The van der Waals surface area contributed by atoms with Crippen LogP contribution in [0.2, 0.25) is 0 Å². The number of carbonyl (C=O) groups is 1. The van der Waals surface area contributed by atoms with Gasteiger partial charge in [0.2, 0.25) is 0 Å². The third-order valence-corrected chi connectivity index (χ3v) is 4.04. The van der Waals surface area contributed by atoms with Crippen LogP contribution in [0.5, 0.6) is 0 Å². The summed E-state index contributed by atoms with van der Waals surface area (Å²) in [6.07, 6.45) is 4.16. The van der Waals surface area contributed by atoms with Gasteiger partial charge in [0.15, 0.2) is 0 Å². The number of hydrogen-bond acceptors (Lipinski definition) is 2. The van der Waals surface area contributed by atoms with Crippen LogP contribution in [-0.4, -0.2) is 5.78 Å². The zero-order valence-electron chi connectivity index (χ0n) is 10.9. The van der Waals surface area contributed by atoms with Crippen molar-refractivity contribution < 1.29 is 4.79 Å². The third-order valence-electron chi connectivity index (χ3n) is 4.04. The lowest BCUT2D eigenvalue weighted by Gasteiger charge is -2.34. The molecule has 0 heterocycles. The van der Waals surface area contributed by atoms with E-state index in [0.29, 0.717) is 12.3 Å². The van der Waals surface area contributed by atoms with E-state index in [9.17, 15) is 10.1 Å². The van der Waals surface area contributed by atoms with E-state index in [2.05, 4.69) is 30.3 Å². The molecular formula is C16H19NO. The number of hydrogen-bond donors (Lipinski definition) is 0. The van der Waals surface area contributed by atoms with Gasteiger partial charge >= 0.3 is 0 Å². The molecule has 1 saturated carbocycles. The van der Waals surface area contributed by atoms with Crippen LogP contribution in [-0.2, 0) is 4.79 Å². The molecule has 2 rings (SSSR count). The second-order valence-corrected chi connectivity index (χ2v) is 5.46. The van der Waals surface area contributed by atoms with Crippen LogP contribution >= 0.6 is 0 Å². The molecule has 1 aromatic carbocycles. The van der Waals surface area contributed by atoms with Crippen molar-refractivity contribution in [1.29, 1.82) is 5.26 Å². The van der Waals surface area contributed by atoms with E-state index in [-0.39, 0.29) is 5.78 Å². The van der Waals surface area contributed by atoms with Crippen LogP contribution in [0.3, 0.4) is 0 Å². The van der Waals surface area contributed by atoms with Gasteiger partial charge in [-0.1, -0.05) is 30.3 Å². The summed E-state index contributed by atoms with van der Waals surface area (Å²) in [7, 11) is 0. The van der Waals surface area contributed by atoms with E-state index in [1.807, 2.05) is 6.07 Å². The molecule has 94 valence electrons. The van der Waals surface area contributed by atoms with Gasteiger partial charge in [-0.3, -0.25) is 4.79 Å². The van der Waals surface area contributed by atoms with Crippen molar-refractivity contribution in [2.45, 2.75) is 44.9 Å². The number of benzene rings is 1. The van der Waals surface area contributed by atoms with Crippen molar-refractivity contribution in [3.8, 4) is 6.07 Å². The first-order valence-electron chi connectivity index (χ1n) is 6.61. The first-order chi connectivity index (χ1) is 8.65. The highest BCUT2D eigenvalue weighted by Gasteiger charge is 2.36. The molecule has 1 aliphatic carbocycles. The average Bonchev–Trinajstić information content (AvgIpc) is 2.40. The minimum Gasteiger partial charge on any atom is -0.300 e. The van der Waals surface area contributed by atoms with Crippen molar-refractivity contribution in [1.82, 2.24) is 0 Å². The van der Waals surface area contributed by atoms with Crippen LogP contribution in [0.25, 0.3) is 0 Å². The SMILES string of the molecule is CC(=O)CC1(C#N)CCC(c2ccccc2)CC1. The Bertz CT molecular complexity index is 450. The first kappa shape index (κ1) is 12.8. The van der Waals surface area contributed by atoms with Gasteiger partial charge in [0, 0.05) is 6.42 Å². The molecule has 0 aromatic heterocycles. The summed E-state index contributed by atoms with van der Waals surface area (Å²) in [6, 6.07) is 12.9. The Morgan fingerprint density at radius 1 is 1.33 bits per heavy atom. The van der Waals surface area contributed by atoms with E-state index >= 15 is 0 Å². The summed E-state index contributed by atoms with van der Waals surface area (Å²) in [5, 5.41) is 9.35. The van der Waals surface area contributed by atoms with Gasteiger partial charge in [-0.2, -0.15) is 5.26 Å². The molecule has 0 N–H and O–H groups in total. The molecule has 0 unspecified atom stereocenters. The van der Waals surface area contributed by atoms with Gasteiger partial charge in [-0.05, 0) is 44.1 Å². The molecule has 1 fully saturated rings. The minimum absolute atomic E-state index is 0.134. The van der Waals surface area contributed by atoms with Crippen LogP contribution in [0.15, 0.2) is 30.3 Å². The van der Waals surface area contributed by atoms with E-state index in [0.717, 1.165) is 25.7 Å². The molecule has 0 saturated heterocycles. The standard InChI is InChI=1S/C16H19NO/c1-13(18)11-16(12-17)9-7-15(8-10-16)14-5-3-2-4-6-14/h2-6,15H,7-11H2,1H3. The fourth-order valence-electron chi connectivity index (χ4n) is 3.03. The Morgan fingerprint density at radius 3 is 2.44 bits per heavy atom. The molecule has 1 aromatic rings. The summed E-state index contributed by atoms with van der Waals surface area (Å²) < 4.78 is 0. The van der Waals surface area contributed by atoms with Crippen LogP contribution < -0.4 is 0 Å². The fourth-order valence-corrected chi connectivity index (χ4v) is 3.03. The van der Waals surface area contributed by atoms with Crippen LogP contribution in [0.4, 0.5) is 0 Å². The van der Waals surface area contributed by atoms with Gasteiger partial charge in [-0.25, -0.2) is 0 Å². The van der Waals surface area contributed by atoms with E-state index in [4.69, 9.17) is 0 Å². The Labute approximate surface area is 109 Å². The summed E-state index contributed by atoms with van der Waals surface area (Å²) >= 11 is 0. The maximum atomic E-state index is 11.3. The van der Waals surface area contributed by atoms with E-state index < -0.39 is 5.41 Å². The average molecular weight is 241 g/mol. The molecule has 2 heteroatoms. The topological polar surface area (TPSA) is 40.9 Å². The number of rotatable bonds is 3. The lowest BCUT2D eigenvalue weighted by molar-refractivity contribution is -0.119. The summed E-state index contributed by atoms with van der Waals surface area (Å²) in [6.45, 7) is 1.59. The van der Waals surface area contributed by atoms with E-state index in [1.165, 1.54) is 5.56 Å². The highest BCUT2D eigenvalue weighted by atomic mass is 16.1. The monoisotopic (exact) mass is 241 g/mol. The number of nitriles is 1. The lowest BCUT2D eigenvalue weighted by atomic mass is 9.67. The van der Waals surface area contributed by atoms with Gasteiger partial charge in [0.25, 0.3) is 0 Å². The van der Waals surface area contributed by atoms with E-state index in [1.54, 1.807) is 6.92 Å². The molecule has 1 aliphatic rings. The van der Waals surface area contributed by atoms with Gasteiger partial charge in [0.1, 0.15) is 5.78 Å². The highest BCUT2D eigenvalue weighted by Crippen LogP contribution is 2.44. The summed E-state index contributed by atoms with van der Waals surface area (Å²) in [5.41, 5.74) is 0.976. The first-order valence-corrected chi connectivity index (χ1v) is 6.61. The Kier molecular flexibility index (Phi) is 3.81. The summed E-state index contributed by atoms with van der Waals surface area (Å²) in [4.78, 5) is 11.3. The molecule has 2 nitrogen and oxygen atoms in total. The second kappa shape index (κ2) is 5.35.